The number of sulfone groups is 1. The summed E-state index contributed by atoms with van der Waals surface area (Å²) < 4.78 is 127. The van der Waals surface area contributed by atoms with Crippen molar-refractivity contribution in [3.8, 4) is 0 Å². The molecule has 0 heterocycles. The Hall–Kier alpha value is -0.308. The minimum absolute atomic E-state index is 0. The van der Waals surface area contributed by atoms with Crippen molar-refractivity contribution < 1.29 is 135 Å². The minimum atomic E-state index is -3.95. The van der Waals surface area contributed by atoms with Crippen LogP contribution in [0.25, 0.3) is 0 Å². The molecule has 0 atom stereocenters. The number of nitrogens with one attached hydrogen (secondary N) is 2. The van der Waals surface area contributed by atoms with E-state index in [1.54, 1.807) is 58.9 Å². The number of aryl methyl sites for hydroxylation is 9. The Morgan fingerprint density at radius 3 is 1.03 bits per heavy atom. The van der Waals surface area contributed by atoms with E-state index in [1.165, 1.54) is 37.6 Å². The number of nitrogens with two attached hydrogens (primary N) is 2. The molecule has 106 heavy (non-hydrogen) atoms. The molecule has 0 saturated carbocycles. The van der Waals surface area contributed by atoms with Gasteiger partial charge in [0.1, 0.15) is 0 Å². The maximum atomic E-state index is 13.5. The SMILES string of the molecule is B.Br.C=C(CCl)CCl.CC(C)(C)C(=O)[S-].CCS(=O)(=O)c1c(C)cc(C)cc1C.CNCC(CNC)CSC(=O)C(C)(C)C.CS(=O)(=O)Cl.C[NH2+]CC(C[NH2+]C)CSC(=O)C(C)(C)C.Cc1cc(C)c(S(=O)(=O)N(C)CC(COS(C)(=O)=O)CN(C)S(=O)(=O)c2c(C)cc(C)cc2C)c(C)c1.OO.[Br-].[Br-].[Li+]. The zero-order valence-electron chi connectivity index (χ0n) is 67.1. The van der Waals surface area contributed by atoms with Crippen LogP contribution in [0.1, 0.15) is 119 Å². The van der Waals surface area contributed by atoms with E-state index in [2.05, 4.69) is 65.3 Å². The van der Waals surface area contributed by atoms with Crippen LogP contribution < -0.4 is 74.1 Å². The summed E-state index contributed by atoms with van der Waals surface area (Å²) >= 11 is 17.9. The van der Waals surface area contributed by atoms with E-state index in [1.807, 2.05) is 123 Å². The van der Waals surface area contributed by atoms with Crippen molar-refractivity contribution in [1.29, 1.82) is 0 Å². The van der Waals surface area contributed by atoms with Gasteiger partial charge in [-0.15, -0.1) is 40.2 Å². The van der Waals surface area contributed by atoms with E-state index in [9.17, 15) is 56.5 Å². The second-order valence-corrected chi connectivity index (χ2v) is 41.3. The van der Waals surface area contributed by atoms with E-state index in [0.29, 0.717) is 55.9 Å². The van der Waals surface area contributed by atoms with Crippen LogP contribution in [0, 0.1) is 96.3 Å². The summed E-state index contributed by atoms with van der Waals surface area (Å²) in [6.45, 7) is 42.2. The molecule has 0 fully saturated rings. The number of thioether (sulfide) groups is 2. The predicted octanol–water partition coefficient (Wildman–Crippen LogP) is -0.147. The second kappa shape index (κ2) is 61.1. The fourth-order valence-electron chi connectivity index (χ4n) is 9.09. The third-order valence-corrected chi connectivity index (χ3v) is 24.9. The molecule has 0 aliphatic carbocycles. The van der Waals surface area contributed by atoms with Crippen LogP contribution in [-0.2, 0) is 80.2 Å². The van der Waals surface area contributed by atoms with E-state index in [0.717, 1.165) is 92.2 Å². The molecule has 0 saturated heterocycles. The molecule has 0 aliphatic rings. The van der Waals surface area contributed by atoms with E-state index < -0.39 is 55.0 Å². The van der Waals surface area contributed by atoms with Gasteiger partial charge in [0, 0.05) is 83.0 Å². The first kappa shape index (κ1) is 127. The summed E-state index contributed by atoms with van der Waals surface area (Å²) in [7, 11) is -2.66. The van der Waals surface area contributed by atoms with Crippen molar-refractivity contribution in [3.63, 3.8) is 0 Å². The number of nitrogens with zero attached hydrogens (tertiary/aromatic N) is 2. The molecule has 3 aromatic carbocycles. The number of alkyl halides is 2. The summed E-state index contributed by atoms with van der Waals surface area (Å²) in [5.74, 6) is 3.31. The normalized spacial score (nSPS) is 11.4. The number of halogens is 6. The molecular formula is C68H128BBr3Cl3LiN6O16S8. The van der Waals surface area contributed by atoms with Gasteiger partial charge in [-0.1, -0.05) is 152 Å². The average Bonchev–Trinajstić information content (AvgIpc) is 0.806. The van der Waals surface area contributed by atoms with Gasteiger partial charge in [0.2, 0.25) is 29.1 Å². The molecule has 38 heteroatoms. The number of benzene rings is 3. The van der Waals surface area contributed by atoms with Crippen LogP contribution in [0.3, 0.4) is 0 Å². The van der Waals surface area contributed by atoms with E-state index in [4.69, 9.17) is 37.9 Å². The van der Waals surface area contributed by atoms with Crippen LogP contribution in [0.15, 0.2) is 63.2 Å². The Morgan fingerprint density at radius 2 is 0.830 bits per heavy atom. The van der Waals surface area contributed by atoms with Gasteiger partial charge in [-0.3, -0.25) is 24.3 Å². The Kier molecular flexibility index (Phi) is 73.0. The molecule has 8 N–H and O–H groups in total. The van der Waals surface area contributed by atoms with Crippen LogP contribution in [-0.4, -0.2) is 215 Å². The number of hydrogen-bond donors (Lipinski definition) is 6. The Balaban J connectivity index is -0.000000140. The number of carbonyl (C=O) groups is 3. The molecule has 0 radical (unpaired) electrons. The summed E-state index contributed by atoms with van der Waals surface area (Å²) in [6, 6.07) is 11.0. The zero-order valence-corrected chi connectivity index (χ0v) is 80.8. The van der Waals surface area contributed by atoms with Gasteiger partial charge in [0.05, 0.1) is 81.1 Å². The molecule has 0 aliphatic heterocycles. The minimum Gasteiger partial charge on any atom is -1.00 e. The molecule has 0 bridgehead atoms. The van der Waals surface area contributed by atoms with Gasteiger partial charge >= 0.3 is 18.9 Å². The summed E-state index contributed by atoms with van der Waals surface area (Å²) in [5, 5.41) is 23.1. The van der Waals surface area contributed by atoms with Crippen molar-refractivity contribution in [3.05, 3.63) is 98.6 Å². The Bertz CT molecular complexity index is 3410. The molecule has 3 aromatic rings. The molecular weight excluding hydrogens is 1780 g/mol. The number of allylic oxidation sites excluding steroid dienone is 1. The van der Waals surface area contributed by atoms with Crippen LogP contribution in [0.4, 0.5) is 0 Å². The van der Waals surface area contributed by atoms with Crippen molar-refractivity contribution >= 4 is 160 Å². The smallest absolute Gasteiger partial charge is 1.00 e. The maximum absolute atomic E-state index is 13.5. The van der Waals surface area contributed by atoms with Crippen molar-refractivity contribution in [2.24, 2.45) is 34.0 Å². The standard InChI is InChI=1S/C25H38N2O7S3.2C11H24N2OS.C11H16O2S.C5H10OS.C4H6Cl2.CH3ClO2S.BH3.3BrH.Li.H2O2/c1-17-10-19(3)24(20(4)11-17)36(30,31)26(7)14-23(16-34-35(9,28)29)15-27(8)37(32,33)25-21(5)12-18(2)13-22(25)6;2*1-11(2,3)10(14)15-8-9(6-12-4)7-13-5;1-5-14(12,13)11-9(3)6-8(2)7-10(11)4;1-5(2,3)4(6)7;1-4(2-5)3-6;1-5(2,3)4;;;;;;1-2/h10-13,23H,14-16H2,1-9H3;2*9,12-13H,6-8H2,1-5H3;6-7H,5H2,1-4H3;1-3H3,(H,6,7);1-3H2;1H3;1H3;3*1H;;1-2H/q;;;;;;;;;;;+1;/p-1. The topological polar surface area (TPSA) is 335 Å². The van der Waals surface area contributed by atoms with Crippen molar-refractivity contribution in [1.82, 2.24) is 19.2 Å². The van der Waals surface area contributed by atoms with Crippen molar-refractivity contribution in [2.75, 3.05) is 130 Å². The first-order chi connectivity index (χ1) is 45.7. The van der Waals surface area contributed by atoms with E-state index >= 15 is 0 Å². The fraction of sp³-hybridized carbons (Fsp3) is 0.662. The molecule has 3 rings (SSSR count). The molecule has 0 amide bonds. The van der Waals surface area contributed by atoms with Gasteiger partial charge in [0.15, 0.2) is 20.1 Å². The van der Waals surface area contributed by atoms with Gasteiger partial charge < -0.3 is 72.7 Å². The quantitative estimate of drug-likeness (QED) is 0.00845. The fourth-order valence-corrected chi connectivity index (χ4v) is 16.7. The molecule has 0 aromatic heterocycles. The monoisotopic (exact) mass is 1900 g/mol. The summed E-state index contributed by atoms with van der Waals surface area (Å²) in [5.41, 5.74) is 7.18. The third-order valence-electron chi connectivity index (χ3n) is 13.6. The van der Waals surface area contributed by atoms with Gasteiger partial charge in [-0.2, -0.15) is 8.42 Å². The van der Waals surface area contributed by atoms with Crippen LogP contribution >= 0.6 is 74.4 Å². The van der Waals surface area contributed by atoms with Crippen LogP contribution in [0.2, 0.25) is 0 Å². The van der Waals surface area contributed by atoms with Gasteiger partial charge in [0.25, 0.3) is 10.1 Å². The average molecular weight is 1910 g/mol. The van der Waals surface area contributed by atoms with Crippen LogP contribution in [0.5, 0.6) is 0 Å². The Morgan fingerprint density at radius 1 is 0.575 bits per heavy atom. The number of rotatable bonds is 27. The molecule has 620 valence electrons. The zero-order chi connectivity index (χ0) is 80.8. The predicted molar refractivity (Wildman–Crippen MR) is 446 cm³/mol. The first-order valence-corrected chi connectivity index (χ1v) is 44.8. The Labute approximate surface area is 715 Å². The number of carbonyl (C=O) groups excluding carboxylic acids is 3. The maximum Gasteiger partial charge on any atom is 1.00 e. The molecule has 0 unspecified atom stereocenters. The number of hydrogen-bond acceptors (Lipinski definition) is 21. The third kappa shape index (κ3) is 56.8. The molecule has 0 spiro atoms. The first-order valence-electron chi connectivity index (χ1n) is 32.3. The van der Waals surface area contributed by atoms with Gasteiger partial charge in [-0.05, 0) is 140 Å². The summed E-state index contributed by atoms with van der Waals surface area (Å²) in [4.78, 5) is 34.6. The largest absolute Gasteiger partial charge is 1.00 e. The number of sulfonamides is 2. The molecule has 22 nitrogen and oxygen atoms in total. The van der Waals surface area contributed by atoms with Gasteiger partial charge in [-0.25, -0.2) is 42.3 Å². The number of quaternary nitrogens is 2. The van der Waals surface area contributed by atoms with E-state index in [-0.39, 0.29) is 140 Å². The summed E-state index contributed by atoms with van der Waals surface area (Å²) in [6.07, 6.45) is 1.82. The van der Waals surface area contributed by atoms with Crippen molar-refractivity contribution in [2.45, 2.75) is 146 Å². The second-order valence-electron chi connectivity index (χ2n) is 27.6.